The highest BCUT2D eigenvalue weighted by atomic mass is 32.1. The van der Waals surface area contributed by atoms with Gasteiger partial charge >= 0.3 is 5.97 Å². The van der Waals surface area contributed by atoms with Crippen molar-refractivity contribution in [1.82, 2.24) is 4.98 Å². The third kappa shape index (κ3) is 3.17. The van der Waals surface area contributed by atoms with Crippen molar-refractivity contribution in [2.24, 2.45) is 0 Å². The lowest BCUT2D eigenvalue weighted by Gasteiger charge is -2.02. The number of nitrogens with zero attached hydrogens (tertiary/aromatic N) is 1. The summed E-state index contributed by atoms with van der Waals surface area (Å²) in [4.78, 5) is 26.4. The maximum atomic E-state index is 11.3. The fraction of sp³-hybridized carbons (Fsp3) is 0.154. The maximum absolute atomic E-state index is 11.3. The molecule has 1 heterocycles. The zero-order chi connectivity index (χ0) is 13.8. The number of thiazole rings is 1. The molecule has 0 spiro atoms. The molecule has 1 N–H and O–H groups in total. The minimum absolute atomic E-state index is 0.141. The molecule has 0 saturated heterocycles. The number of hydrogen-bond acceptors (Lipinski definition) is 5. The lowest BCUT2D eigenvalue weighted by atomic mass is 10.3. The molecule has 1 aromatic carbocycles. The first-order valence-electron chi connectivity index (χ1n) is 5.49. The number of aromatic nitrogens is 1. The smallest absolute Gasteiger partial charge is 0.356 e. The molecule has 0 aliphatic carbocycles. The summed E-state index contributed by atoms with van der Waals surface area (Å²) in [6.07, 6.45) is 0. The zero-order valence-corrected chi connectivity index (χ0v) is 10.9. The van der Waals surface area contributed by atoms with Crippen LogP contribution in [0.5, 0.6) is 5.75 Å². The summed E-state index contributed by atoms with van der Waals surface area (Å²) in [7, 11) is 0. The summed E-state index contributed by atoms with van der Waals surface area (Å²) in [5.41, 5.74) is -0.204. The van der Waals surface area contributed by atoms with Crippen LogP contribution < -0.4 is 4.74 Å². The van der Waals surface area contributed by atoms with E-state index in [4.69, 9.17) is 9.84 Å². The van der Waals surface area contributed by atoms with Gasteiger partial charge in [0, 0.05) is 6.92 Å². The van der Waals surface area contributed by atoms with E-state index in [9.17, 15) is 9.59 Å². The lowest BCUT2D eigenvalue weighted by molar-refractivity contribution is 0.0686. The van der Waals surface area contributed by atoms with Crippen LogP contribution in [-0.4, -0.2) is 21.8 Å². The number of Topliss-reactive ketones (excluding diaryl/α,β-unsaturated/α-hetero) is 1. The molecule has 0 aliphatic heterocycles. The zero-order valence-electron chi connectivity index (χ0n) is 10.1. The molecule has 98 valence electrons. The fourth-order valence-corrected chi connectivity index (χ4v) is 2.34. The summed E-state index contributed by atoms with van der Waals surface area (Å²) < 4.78 is 5.46. The Labute approximate surface area is 113 Å². The first kappa shape index (κ1) is 13.2. The van der Waals surface area contributed by atoms with Crippen LogP contribution >= 0.6 is 11.3 Å². The molecule has 0 atom stereocenters. The van der Waals surface area contributed by atoms with Crippen LogP contribution in [0.15, 0.2) is 30.3 Å². The number of carboxylic acids is 1. The Hall–Kier alpha value is -2.21. The highest BCUT2D eigenvalue weighted by molar-refractivity contribution is 7.14. The number of ketones is 1. The summed E-state index contributed by atoms with van der Waals surface area (Å²) in [5, 5.41) is 9.43. The van der Waals surface area contributed by atoms with E-state index >= 15 is 0 Å². The van der Waals surface area contributed by atoms with Gasteiger partial charge in [0.15, 0.2) is 11.5 Å². The third-order valence-electron chi connectivity index (χ3n) is 2.30. The standard InChI is InChI=1S/C13H11NO4S/c1-8(15)12-11(13(16)17)14-10(19-12)7-18-9-5-3-2-4-6-9/h2-6H,7H2,1H3,(H,16,17). The van der Waals surface area contributed by atoms with Gasteiger partial charge in [-0.1, -0.05) is 18.2 Å². The maximum Gasteiger partial charge on any atom is 0.356 e. The minimum Gasteiger partial charge on any atom is -0.486 e. The second-order valence-corrected chi connectivity index (χ2v) is 4.83. The van der Waals surface area contributed by atoms with Crippen LogP contribution in [0.3, 0.4) is 0 Å². The van der Waals surface area contributed by atoms with E-state index in [1.165, 1.54) is 6.92 Å². The Morgan fingerprint density at radius 2 is 2.00 bits per heavy atom. The number of benzene rings is 1. The number of carbonyl (C=O) groups is 2. The van der Waals surface area contributed by atoms with Crippen LogP contribution in [0.1, 0.15) is 32.1 Å². The van der Waals surface area contributed by atoms with Gasteiger partial charge in [0.25, 0.3) is 0 Å². The van der Waals surface area contributed by atoms with Crippen molar-refractivity contribution in [3.05, 3.63) is 45.9 Å². The average molecular weight is 277 g/mol. The largest absolute Gasteiger partial charge is 0.486 e. The van der Waals surface area contributed by atoms with Gasteiger partial charge < -0.3 is 9.84 Å². The molecule has 0 radical (unpaired) electrons. The van der Waals surface area contributed by atoms with Gasteiger partial charge in [-0.3, -0.25) is 4.79 Å². The van der Waals surface area contributed by atoms with Gasteiger partial charge in [0.05, 0.1) is 0 Å². The monoisotopic (exact) mass is 277 g/mol. The topological polar surface area (TPSA) is 76.5 Å². The molecule has 2 rings (SSSR count). The van der Waals surface area contributed by atoms with Crippen LogP contribution in [0.2, 0.25) is 0 Å². The molecular weight excluding hydrogens is 266 g/mol. The van der Waals surface area contributed by atoms with E-state index in [1.54, 1.807) is 12.1 Å². The van der Waals surface area contributed by atoms with Crippen molar-refractivity contribution in [3.63, 3.8) is 0 Å². The predicted molar refractivity (Wildman–Crippen MR) is 69.9 cm³/mol. The summed E-state index contributed by atoms with van der Waals surface area (Å²) in [6, 6.07) is 9.11. The molecule has 0 unspecified atom stereocenters. The Morgan fingerprint density at radius 1 is 1.32 bits per heavy atom. The first-order chi connectivity index (χ1) is 9.08. The second kappa shape index (κ2) is 5.62. The SMILES string of the molecule is CC(=O)c1sc(COc2ccccc2)nc1C(=O)O. The van der Waals surface area contributed by atoms with Gasteiger partial charge in [0.2, 0.25) is 0 Å². The van der Waals surface area contributed by atoms with Crippen molar-refractivity contribution in [1.29, 1.82) is 0 Å². The number of carboxylic acid groups (broad SMARTS) is 1. The average Bonchev–Trinajstić information content (AvgIpc) is 2.82. The third-order valence-corrected chi connectivity index (χ3v) is 3.43. The van der Waals surface area contributed by atoms with E-state index in [2.05, 4.69) is 4.98 Å². The van der Waals surface area contributed by atoms with Gasteiger partial charge in [-0.25, -0.2) is 9.78 Å². The first-order valence-corrected chi connectivity index (χ1v) is 6.31. The predicted octanol–water partition coefficient (Wildman–Crippen LogP) is 2.62. The molecule has 0 saturated carbocycles. The highest BCUT2D eigenvalue weighted by Crippen LogP contribution is 2.21. The second-order valence-electron chi connectivity index (χ2n) is 3.75. The van der Waals surface area contributed by atoms with Crippen LogP contribution in [0.4, 0.5) is 0 Å². The van der Waals surface area contributed by atoms with Crippen molar-refractivity contribution in [2.75, 3.05) is 0 Å². The normalized spacial score (nSPS) is 10.2. The van der Waals surface area contributed by atoms with E-state index in [-0.39, 0.29) is 23.0 Å². The molecule has 2 aromatic rings. The molecule has 6 heteroatoms. The molecule has 5 nitrogen and oxygen atoms in total. The summed E-state index contributed by atoms with van der Waals surface area (Å²) >= 11 is 1.05. The van der Waals surface area contributed by atoms with Crippen LogP contribution in [-0.2, 0) is 6.61 Å². The Bertz CT molecular complexity index is 575. The lowest BCUT2D eigenvalue weighted by Crippen LogP contribution is -2.04. The van der Waals surface area contributed by atoms with Gasteiger partial charge in [-0.15, -0.1) is 11.3 Å². The molecular formula is C13H11NO4S. The van der Waals surface area contributed by atoms with E-state index in [0.717, 1.165) is 11.3 Å². The number of para-hydroxylation sites is 1. The van der Waals surface area contributed by atoms with Crippen molar-refractivity contribution < 1.29 is 19.4 Å². The summed E-state index contributed by atoms with van der Waals surface area (Å²) in [5.74, 6) is -0.841. The van der Waals surface area contributed by atoms with Gasteiger partial charge in [-0.2, -0.15) is 0 Å². The molecule has 19 heavy (non-hydrogen) atoms. The van der Waals surface area contributed by atoms with E-state index < -0.39 is 5.97 Å². The van der Waals surface area contributed by atoms with Gasteiger partial charge in [0.1, 0.15) is 22.2 Å². The number of ether oxygens (including phenoxy) is 1. The van der Waals surface area contributed by atoms with Crippen LogP contribution in [0.25, 0.3) is 0 Å². The van der Waals surface area contributed by atoms with Crippen molar-refractivity contribution in [3.8, 4) is 5.75 Å². The molecule has 0 aliphatic rings. The minimum atomic E-state index is -1.20. The molecule has 1 aromatic heterocycles. The Kier molecular flexibility index (Phi) is 3.91. The highest BCUT2D eigenvalue weighted by Gasteiger charge is 2.20. The Morgan fingerprint density at radius 3 is 2.53 bits per heavy atom. The van der Waals surface area contributed by atoms with Crippen molar-refractivity contribution >= 4 is 23.1 Å². The molecule has 0 bridgehead atoms. The molecule has 0 amide bonds. The molecule has 0 fully saturated rings. The van der Waals surface area contributed by atoms with Gasteiger partial charge in [-0.05, 0) is 12.1 Å². The van der Waals surface area contributed by atoms with Crippen molar-refractivity contribution in [2.45, 2.75) is 13.5 Å². The fourth-order valence-electron chi connectivity index (χ4n) is 1.47. The van der Waals surface area contributed by atoms with Crippen LogP contribution in [0, 0.1) is 0 Å². The number of rotatable bonds is 5. The van der Waals surface area contributed by atoms with E-state index in [0.29, 0.717) is 10.8 Å². The summed E-state index contributed by atoms with van der Waals surface area (Å²) in [6.45, 7) is 1.46. The Balaban J connectivity index is 2.15. The quantitative estimate of drug-likeness (QED) is 0.850. The number of hydrogen-bond donors (Lipinski definition) is 1. The van der Waals surface area contributed by atoms with E-state index in [1.807, 2.05) is 18.2 Å². The number of carbonyl (C=O) groups excluding carboxylic acids is 1. The number of aromatic carboxylic acids is 1.